The van der Waals surface area contributed by atoms with Crippen LogP contribution in [-0.2, 0) is 6.54 Å². The molecule has 4 rings (SSSR count). The van der Waals surface area contributed by atoms with Crippen molar-refractivity contribution < 1.29 is 10.3 Å². The van der Waals surface area contributed by atoms with Crippen LogP contribution >= 0.6 is 0 Å². The van der Waals surface area contributed by atoms with Gasteiger partial charge < -0.3 is 16.0 Å². The summed E-state index contributed by atoms with van der Waals surface area (Å²) in [5.41, 5.74) is 7.63. The Hall–Kier alpha value is -3.37. The number of pyridine rings is 1. The first-order valence-electron chi connectivity index (χ1n) is 14.6. The molecule has 1 heterocycles. The summed E-state index contributed by atoms with van der Waals surface area (Å²) in [5.74, 6) is 6.69. The molecule has 0 unspecified atom stereocenters. The highest BCUT2D eigenvalue weighted by Gasteiger charge is 2.19. The van der Waals surface area contributed by atoms with Gasteiger partial charge in [0.25, 0.3) is 5.56 Å². The van der Waals surface area contributed by atoms with Crippen LogP contribution in [0.3, 0.4) is 0 Å². The minimum Gasteiger partial charge on any atom is -0.425 e. The van der Waals surface area contributed by atoms with E-state index in [2.05, 4.69) is 93.1 Å². The van der Waals surface area contributed by atoms with E-state index in [1.54, 1.807) is 0 Å². The second-order valence-electron chi connectivity index (χ2n) is 11.7. The molecular formula is C35H49N3O3. The maximum atomic E-state index is 11.4. The molecule has 6 nitrogen and oxygen atoms in total. The van der Waals surface area contributed by atoms with Gasteiger partial charge in [-0.1, -0.05) is 79.6 Å². The molecule has 41 heavy (non-hydrogen) atoms. The Kier molecular flexibility index (Phi) is 14.4. The Bertz CT molecular complexity index is 1350. The third-order valence-corrected chi connectivity index (χ3v) is 6.72. The number of nitrogens with zero attached hydrogens (tertiary/aromatic N) is 2. The van der Waals surface area contributed by atoms with Crippen LogP contribution in [0.25, 0.3) is 10.8 Å². The molecule has 1 aliphatic rings. The van der Waals surface area contributed by atoms with E-state index < -0.39 is 0 Å². The predicted molar refractivity (Wildman–Crippen MR) is 171 cm³/mol. The summed E-state index contributed by atoms with van der Waals surface area (Å²) in [4.78, 5) is 13.7. The number of aliphatic hydroxyl groups excluding tert-OH is 1. The van der Waals surface area contributed by atoms with E-state index in [1.807, 2.05) is 19.1 Å². The topological polar surface area (TPSA) is 91.7 Å². The fraction of sp³-hybridized carbons (Fsp3) is 0.457. The maximum absolute atomic E-state index is 11.4. The van der Waals surface area contributed by atoms with Crippen molar-refractivity contribution in [3.63, 3.8) is 0 Å². The summed E-state index contributed by atoms with van der Waals surface area (Å²) in [6.45, 7) is 10.6. The number of aromatic nitrogens is 1. The minimum absolute atomic E-state index is 0.0686. The average molecular weight is 560 g/mol. The van der Waals surface area contributed by atoms with Crippen molar-refractivity contribution in [3.05, 3.63) is 93.9 Å². The first-order chi connectivity index (χ1) is 19.6. The Morgan fingerprint density at radius 3 is 2.39 bits per heavy atom. The van der Waals surface area contributed by atoms with Gasteiger partial charge in [-0.3, -0.25) is 9.69 Å². The molecule has 0 spiro atoms. The summed E-state index contributed by atoms with van der Waals surface area (Å²) in [7, 11) is 2.14. The zero-order valence-electron chi connectivity index (χ0n) is 25.6. The lowest BCUT2D eigenvalue weighted by Gasteiger charge is -2.22. The highest BCUT2D eigenvalue weighted by molar-refractivity contribution is 5.85. The molecule has 222 valence electrons. The summed E-state index contributed by atoms with van der Waals surface area (Å²) in [5, 5.41) is 20.1. The fourth-order valence-electron chi connectivity index (χ4n) is 4.74. The molecule has 3 aromatic rings. The first-order valence-corrected chi connectivity index (χ1v) is 14.6. The van der Waals surface area contributed by atoms with E-state index in [4.69, 9.17) is 10.8 Å². The number of hydrogen-bond acceptors (Lipinski definition) is 5. The van der Waals surface area contributed by atoms with Crippen LogP contribution in [0.15, 0.2) is 71.5 Å². The number of fused-ring (bicyclic) bond motifs is 1. The van der Waals surface area contributed by atoms with Gasteiger partial charge in [0.2, 0.25) is 0 Å². The smallest absolute Gasteiger partial charge is 0.283 e. The molecule has 0 radical (unpaired) electrons. The zero-order valence-corrected chi connectivity index (χ0v) is 25.6. The predicted octanol–water partition coefficient (Wildman–Crippen LogP) is 6.26. The van der Waals surface area contributed by atoms with Gasteiger partial charge in [-0.2, -0.15) is 4.73 Å². The van der Waals surface area contributed by atoms with Gasteiger partial charge in [0.05, 0.1) is 12.3 Å². The molecule has 1 aliphatic carbocycles. The maximum Gasteiger partial charge on any atom is 0.283 e. The molecule has 1 saturated carbocycles. The molecule has 1 aromatic heterocycles. The van der Waals surface area contributed by atoms with Crippen LogP contribution in [0.5, 0.6) is 0 Å². The van der Waals surface area contributed by atoms with Crippen LogP contribution in [-0.4, -0.2) is 46.7 Å². The second-order valence-corrected chi connectivity index (χ2v) is 11.7. The normalized spacial score (nSPS) is 13.7. The Morgan fingerprint density at radius 2 is 1.73 bits per heavy atom. The summed E-state index contributed by atoms with van der Waals surface area (Å²) >= 11 is 0. The van der Waals surface area contributed by atoms with E-state index in [0.717, 1.165) is 41.9 Å². The van der Waals surface area contributed by atoms with Crippen LogP contribution in [0.4, 0.5) is 0 Å². The fourth-order valence-corrected chi connectivity index (χ4v) is 4.74. The van der Waals surface area contributed by atoms with Crippen molar-refractivity contribution in [1.29, 1.82) is 0 Å². The largest absolute Gasteiger partial charge is 0.425 e. The number of aliphatic hydroxyl groups is 1. The molecular weight excluding hydrogens is 510 g/mol. The highest BCUT2D eigenvalue weighted by atomic mass is 16.5. The average Bonchev–Trinajstić information content (AvgIpc) is 2.95. The SMILES string of the molecule is CN(C/C=C/C#CC(C)(C)C)Cc1cccc2ccccc12.Cc1cc(C2CCCCC2)n(O)c(=O)c1.NCCO. The molecule has 0 saturated heterocycles. The summed E-state index contributed by atoms with van der Waals surface area (Å²) in [6.07, 6.45) is 9.94. The molecule has 1 fully saturated rings. The van der Waals surface area contributed by atoms with E-state index >= 15 is 0 Å². The number of aryl methyl sites for hydroxylation is 1. The highest BCUT2D eigenvalue weighted by Crippen LogP contribution is 2.31. The van der Waals surface area contributed by atoms with Crippen molar-refractivity contribution >= 4 is 10.8 Å². The molecule has 0 amide bonds. The van der Waals surface area contributed by atoms with Gasteiger partial charge in [-0.15, -0.1) is 0 Å². The Balaban J connectivity index is 0.000000267. The zero-order chi connectivity index (χ0) is 30.3. The summed E-state index contributed by atoms with van der Waals surface area (Å²) in [6, 6.07) is 18.5. The van der Waals surface area contributed by atoms with Crippen molar-refractivity contribution in [2.24, 2.45) is 11.1 Å². The monoisotopic (exact) mass is 559 g/mol. The summed E-state index contributed by atoms with van der Waals surface area (Å²) < 4.78 is 0.822. The van der Waals surface area contributed by atoms with Crippen LogP contribution in [0, 0.1) is 24.2 Å². The lowest BCUT2D eigenvalue weighted by atomic mass is 9.86. The van der Waals surface area contributed by atoms with Crippen molar-refractivity contribution in [1.82, 2.24) is 9.63 Å². The molecule has 0 bridgehead atoms. The lowest BCUT2D eigenvalue weighted by molar-refractivity contribution is 0.156. The van der Waals surface area contributed by atoms with E-state index in [9.17, 15) is 10.0 Å². The molecule has 2 aromatic carbocycles. The molecule has 6 heteroatoms. The van der Waals surface area contributed by atoms with Gasteiger partial charge in [0.1, 0.15) is 0 Å². The first kappa shape index (κ1) is 33.8. The number of benzene rings is 2. The van der Waals surface area contributed by atoms with E-state index in [-0.39, 0.29) is 17.6 Å². The molecule has 4 N–H and O–H groups in total. The third kappa shape index (κ3) is 12.4. The second kappa shape index (κ2) is 17.4. The standard InChI is InChI=1S/C21H25N.C12H17NO2.C2H7NO/c1-21(2,3)15-8-5-9-16-22(4)17-19-13-10-12-18-11-6-7-14-20(18)19;1-9-7-11(13(15)12(14)8-9)10-5-3-2-4-6-10;3-1-2-4/h5-7,9-14H,16-17H2,1-4H3;7-8,10,15H,2-6H2,1H3;4H,1-3H2/b9-5+;;. The number of rotatable bonds is 6. The molecule has 0 atom stereocenters. The lowest BCUT2D eigenvalue weighted by Crippen LogP contribution is -2.23. The Labute approximate surface area is 246 Å². The van der Waals surface area contributed by atoms with Crippen molar-refractivity contribution in [2.45, 2.75) is 72.3 Å². The van der Waals surface area contributed by atoms with Gasteiger partial charge in [0.15, 0.2) is 0 Å². The van der Waals surface area contributed by atoms with Gasteiger partial charge in [-0.25, -0.2) is 0 Å². The van der Waals surface area contributed by atoms with Crippen LogP contribution in [0.1, 0.15) is 75.6 Å². The van der Waals surface area contributed by atoms with Gasteiger partial charge in [0, 0.05) is 37.0 Å². The minimum atomic E-state index is -0.310. The van der Waals surface area contributed by atoms with Crippen LogP contribution in [0.2, 0.25) is 0 Å². The van der Waals surface area contributed by atoms with Crippen molar-refractivity contribution in [3.8, 4) is 11.8 Å². The van der Waals surface area contributed by atoms with Gasteiger partial charge >= 0.3 is 0 Å². The molecule has 0 aliphatic heterocycles. The number of hydrogen-bond donors (Lipinski definition) is 3. The van der Waals surface area contributed by atoms with E-state index in [0.29, 0.717) is 12.5 Å². The van der Waals surface area contributed by atoms with E-state index in [1.165, 1.54) is 41.7 Å². The number of likely N-dealkylation sites (N-methyl/N-ethyl adjacent to an activating group) is 1. The quantitative estimate of drug-likeness (QED) is 0.245. The van der Waals surface area contributed by atoms with Crippen LogP contribution < -0.4 is 11.3 Å². The van der Waals surface area contributed by atoms with Gasteiger partial charge in [-0.05, 0) is 81.6 Å². The number of nitrogens with two attached hydrogens (primary N) is 1. The van der Waals surface area contributed by atoms with Crippen molar-refractivity contribution in [2.75, 3.05) is 26.7 Å². The number of allylic oxidation sites excluding steroid dienone is 1. The third-order valence-electron chi connectivity index (χ3n) is 6.72. The Morgan fingerprint density at radius 1 is 1.07 bits per heavy atom.